The maximum atomic E-state index is 13.9. The van der Waals surface area contributed by atoms with Gasteiger partial charge in [0.15, 0.2) is 5.65 Å². The summed E-state index contributed by atoms with van der Waals surface area (Å²) in [5.74, 6) is 1.46. The molecule has 0 spiro atoms. The summed E-state index contributed by atoms with van der Waals surface area (Å²) >= 11 is 0. The van der Waals surface area contributed by atoms with Gasteiger partial charge in [-0.15, -0.1) is 0 Å². The van der Waals surface area contributed by atoms with Gasteiger partial charge in [-0.1, -0.05) is 12.1 Å². The van der Waals surface area contributed by atoms with Crippen LogP contribution < -0.4 is 4.74 Å². The molecule has 1 saturated heterocycles. The number of aryl methyl sites for hydroxylation is 1. The third kappa shape index (κ3) is 4.92. The summed E-state index contributed by atoms with van der Waals surface area (Å²) in [6, 6.07) is 10.3. The van der Waals surface area contributed by atoms with Crippen LogP contribution in [-0.4, -0.2) is 63.8 Å². The fourth-order valence-electron chi connectivity index (χ4n) is 5.02. The van der Waals surface area contributed by atoms with Crippen molar-refractivity contribution in [2.24, 2.45) is 0 Å². The summed E-state index contributed by atoms with van der Waals surface area (Å²) in [5, 5.41) is 5.74. The number of rotatable bonds is 5. The van der Waals surface area contributed by atoms with E-state index in [0.29, 0.717) is 5.92 Å². The van der Waals surface area contributed by atoms with Crippen LogP contribution in [0, 0.1) is 6.92 Å². The summed E-state index contributed by atoms with van der Waals surface area (Å²) in [4.78, 5) is 23.4. The van der Waals surface area contributed by atoms with E-state index in [1.54, 1.807) is 7.11 Å². The van der Waals surface area contributed by atoms with Gasteiger partial charge >= 0.3 is 0 Å². The molecule has 1 aliphatic carbocycles. The zero-order valence-electron chi connectivity index (χ0n) is 21.7. The predicted octanol–water partition coefficient (Wildman–Crippen LogP) is 4.73. The number of amides is 1. The second kappa shape index (κ2) is 9.26. The van der Waals surface area contributed by atoms with Crippen LogP contribution in [0.15, 0.2) is 30.3 Å². The minimum absolute atomic E-state index is 0.113. The first kappa shape index (κ1) is 23.8. The molecule has 7 heteroatoms. The molecule has 1 amide bonds. The van der Waals surface area contributed by atoms with Gasteiger partial charge in [-0.05, 0) is 70.7 Å². The van der Waals surface area contributed by atoms with Crippen molar-refractivity contribution in [1.82, 2.24) is 24.6 Å². The van der Waals surface area contributed by atoms with Gasteiger partial charge in [-0.2, -0.15) is 5.10 Å². The molecular weight excluding hydrogens is 438 g/mol. The van der Waals surface area contributed by atoms with E-state index < -0.39 is 0 Å². The number of hydrogen-bond donors (Lipinski definition) is 0. The Morgan fingerprint density at radius 2 is 1.83 bits per heavy atom. The molecule has 7 nitrogen and oxygen atoms in total. The lowest BCUT2D eigenvalue weighted by molar-refractivity contribution is 0.0763. The number of fused-ring (bicyclic) bond motifs is 1. The first-order valence-corrected chi connectivity index (χ1v) is 12.8. The predicted molar refractivity (Wildman–Crippen MR) is 138 cm³/mol. The molecule has 2 aliphatic rings. The van der Waals surface area contributed by atoms with Gasteiger partial charge in [0.25, 0.3) is 5.91 Å². The second-order valence-electron chi connectivity index (χ2n) is 11.0. The maximum absolute atomic E-state index is 13.9. The van der Waals surface area contributed by atoms with Gasteiger partial charge in [0.1, 0.15) is 5.75 Å². The molecule has 186 valence electrons. The average Bonchev–Trinajstić information content (AvgIpc) is 3.65. The van der Waals surface area contributed by atoms with E-state index in [2.05, 4.69) is 43.9 Å². The van der Waals surface area contributed by atoms with Crippen LogP contribution in [-0.2, 0) is 12.1 Å². The van der Waals surface area contributed by atoms with Gasteiger partial charge in [0.05, 0.1) is 29.3 Å². The van der Waals surface area contributed by atoms with Crippen molar-refractivity contribution in [3.05, 3.63) is 52.8 Å². The Morgan fingerprint density at radius 3 is 2.49 bits per heavy atom. The lowest BCUT2D eigenvalue weighted by atomic mass is 10.1. The SMILES string of the molecule is COc1ccc(CN2CCCN(C(=O)c3cc(C4CC4)nc4c3c(C)nn4C(C)(C)C)CC2)cc1. The number of nitrogens with zero attached hydrogens (tertiary/aromatic N) is 5. The van der Waals surface area contributed by atoms with Crippen molar-refractivity contribution >= 4 is 16.9 Å². The van der Waals surface area contributed by atoms with Crippen molar-refractivity contribution in [2.75, 3.05) is 33.3 Å². The van der Waals surface area contributed by atoms with Crippen molar-refractivity contribution in [3.63, 3.8) is 0 Å². The molecule has 0 N–H and O–H groups in total. The lowest BCUT2D eigenvalue weighted by Crippen LogP contribution is -2.35. The third-order valence-corrected chi connectivity index (χ3v) is 7.14. The minimum Gasteiger partial charge on any atom is -0.497 e. The summed E-state index contributed by atoms with van der Waals surface area (Å²) in [6.45, 7) is 12.6. The quantitative estimate of drug-likeness (QED) is 0.534. The van der Waals surface area contributed by atoms with E-state index in [0.717, 1.165) is 85.7 Å². The molecule has 35 heavy (non-hydrogen) atoms. The van der Waals surface area contributed by atoms with E-state index in [9.17, 15) is 4.79 Å². The minimum atomic E-state index is -0.202. The highest BCUT2D eigenvalue weighted by Gasteiger charge is 2.32. The highest BCUT2D eigenvalue weighted by molar-refractivity contribution is 6.06. The molecule has 3 heterocycles. The molecule has 2 aromatic heterocycles. The number of methoxy groups -OCH3 is 1. The van der Waals surface area contributed by atoms with Crippen LogP contribution in [0.1, 0.15) is 73.3 Å². The highest BCUT2D eigenvalue weighted by atomic mass is 16.5. The van der Waals surface area contributed by atoms with Crippen LogP contribution in [0.25, 0.3) is 11.0 Å². The number of carbonyl (C=O) groups excluding carboxylic acids is 1. The van der Waals surface area contributed by atoms with Crippen molar-refractivity contribution in [1.29, 1.82) is 0 Å². The normalized spacial score (nSPS) is 17.6. The van der Waals surface area contributed by atoms with E-state index in [1.165, 1.54) is 5.56 Å². The van der Waals surface area contributed by atoms with Crippen LogP contribution in [0.5, 0.6) is 5.75 Å². The molecule has 1 aliphatic heterocycles. The van der Waals surface area contributed by atoms with Gasteiger partial charge in [-0.25, -0.2) is 9.67 Å². The van der Waals surface area contributed by atoms with Crippen molar-refractivity contribution in [2.45, 2.75) is 65.0 Å². The Kier molecular flexibility index (Phi) is 6.30. The van der Waals surface area contributed by atoms with Gasteiger partial charge in [-0.3, -0.25) is 9.69 Å². The Bertz CT molecular complexity index is 1220. The zero-order chi connectivity index (χ0) is 24.7. The van der Waals surface area contributed by atoms with Crippen molar-refractivity contribution < 1.29 is 9.53 Å². The lowest BCUT2D eigenvalue weighted by Gasteiger charge is -2.23. The third-order valence-electron chi connectivity index (χ3n) is 7.14. The number of aromatic nitrogens is 3. The van der Waals surface area contributed by atoms with Crippen LogP contribution in [0.3, 0.4) is 0 Å². The average molecular weight is 476 g/mol. The summed E-state index contributed by atoms with van der Waals surface area (Å²) in [6.07, 6.45) is 3.27. The zero-order valence-corrected chi connectivity index (χ0v) is 21.7. The summed E-state index contributed by atoms with van der Waals surface area (Å²) in [7, 11) is 1.69. The fourth-order valence-corrected chi connectivity index (χ4v) is 5.02. The van der Waals surface area contributed by atoms with E-state index in [1.807, 2.05) is 28.6 Å². The van der Waals surface area contributed by atoms with E-state index >= 15 is 0 Å². The Morgan fingerprint density at radius 1 is 1.09 bits per heavy atom. The number of hydrogen-bond acceptors (Lipinski definition) is 5. The van der Waals surface area contributed by atoms with Crippen LogP contribution in [0.2, 0.25) is 0 Å². The van der Waals surface area contributed by atoms with Gasteiger partial charge in [0.2, 0.25) is 0 Å². The largest absolute Gasteiger partial charge is 0.497 e. The number of pyridine rings is 1. The van der Waals surface area contributed by atoms with Gasteiger partial charge < -0.3 is 9.64 Å². The van der Waals surface area contributed by atoms with Gasteiger partial charge in [0, 0.05) is 44.3 Å². The molecule has 3 aromatic rings. The molecule has 5 rings (SSSR count). The summed E-state index contributed by atoms with van der Waals surface area (Å²) in [5.41, 5.74) is 4.60. The fraction of sp³-hybridized carbons (Fsp3) is 0.536. The van der Waals surface area contributed by atoms with Crippen LogP contribution in [0.4, 0.5) is 0 Å². The number of carbonyl (C=O) groups is 1. The van der Waals surface area contributed by atoms with E-state index in [-0.39, 0.29) is 11.4 Å². The molecule has 0 radical (unpaired) electrons. The molecule has 0 unspecified atom stereocenters. The monoisotopic (exact) mass is 475 g/mol. The molecule has 2 fully saturated rings. The maximum Gasteiger partial charge on any atom is 0.254 e. The Labute approximate surface area is 208 Å². The molecule has 1 aromatic carbocycles. The first-order chi connectivity index (χ1) is 16.7. The second-order valence-corrected chi connectivity index (χ2v) is 11.0. The molecule has 0 atom stereocenters. The topological polar surface area (TPSA) is 63.5 Å². The van der Waals surface area contributed by atoms with Crippen molar-refractivity contribution in [3.8, 4) is 5.75 Å². The summed E-state index contributed by atoms with van der Waals surface area (Å²) < 4.78 is 7.28. The molecule has 0 bridgehead atoms. The van der Waals surface area contributed by atoms with Crippen LogP contribution >= 0.6 is 0 Å². The Balaban J connectivity index is 1.39. The standard InChI is InChI=1S/C28H37N5O2/c1-19-25-23(17-24(21-9-10-21)29-26(25)33(30-19)28(2,3)4)27(34)32-14-6-13-31(15-16-32)18-20-7-11-22(35-5)12-8-20/h7-8,11-12,17,21H,6,9-10,13-16,18H2,1-5H3. The highest BCUT2D eigenvalue weighted by Crippen LogP contribution is 2.41. The van der Waals surface area contributed by atoms with E-state index in [4.69, 9.17) is 14.8 Å². The Hall–Kier alpha value is -2.93. The number of benzene rings is 1. The molecular formula is C28H37N5O2. The smallest absolute Gasteiger partial charge is 0.254 e. The number of ether oxygens (including phenoxy) is 1. The first-order valence-electron chi connectivity index (χ1n) is 12.8. The molecule has 1 saturated carbocycles.